The van der Waals surface area contributed by atoms with Gasteiger partial charge in [-0.3, -0.25) is 19.2 Å². The highest BCUT2D eigenvalue weighted by Gasteiger charge is 2.32. The van der Waals surface area contributed by atoms with E-state index in [2.05, 4.69) is 24.3 Å². The van der Waals surface area contributed by atoms with Crippen LogP contribution in [0.4, 0.5) is 0 Å². The summed E-state index contributed by atoms with van der Waals surface area (Å²) in [6.07, 6.45) is -0.466. The zero-order valence-corrected chi connectivity index (χ0v) is 25.2. The number of carbonyl (C=O) groups is 4. The van der Waals surface area contributed by atoms with Gasteiger partial charge < -0.3 is 14.2 Å². The Morgan fingerprint density at radius 3 is 1.11 bits per heavy atom. The van der Waals surface area contributed by atoms with Gasteiger partial charge in [-0.15, -0.1) is 0 Å². The van der Waals surface area contributed by atoms with Crippen LogP contribution < -0.4 is 0 Å². The summed E-state index contributed by atoms with van der Waals surface area (Å²) in [5.41, 5.74) is 8.86. The van der Waals surface area contributed by atoms with Gasteiger partial charge in [-0.25, -0.2) is 0 Å². The summed E-state index contributed by atoms with van der Waals surface area (Å²) in [5, 5.41) is 0. The predicted molar refractivity (Wildman–Crippen MR) is 168 cm³/mol. The first kappa shape index (κ1) is 30.0. The molecular weight excluding hydrogens is 568 g/mol. The maximum Gasteiger partial charge on any atom is 0.316 e. The Morgan fingerprint density at radius 2 is 0.800 bits per heavy atom. The van der Waals surface area contributed by atoms with E-state index in [1.165, 1.54) is 13.8 Å². The molecule has 0 saturated carbocycles. The molecule has 0 aromatic heterocycles. The minimum atomic E-state index is -0.897. The van der Waals surface area contributed by atoms with Crippen LogP contribution in [0.2, 0.25) is 0 Å². The minimum absolute atomic E-state index is 0.0936. The summed E-state index contributed by atoms with van der Waals surface area (Å²) in [7, 11) is 0. The van der Waals surface area contributed by atoms with Gasteiger partial charge in [0, 0.05) is 11.8 Å². The maximum atomic E-state index is 12.7. The second-order valence-corrected chi connectivity index (χ2v) is 11.8. The number of ether oxygens (including phenoxy) is 3. The van der Waals surface area contributed by atoms with Gasteiger partial charge in [-0.05, 0) is 44.5 Å². The normalized spacial score (nSPS) is 14.4. The zero-order chi connectivity index (χ0) is 31.5. The van der Waals surface area contributed by atoms with Gasteiger partial charge in [0.15, 0.2) is 0 Å². The summed E-state index contributed by atoms with van der Waals surface area (Å²) in [6, 6.07) is 32.1. The van der Waals surface area contributed by atoms with Crippen LogP contribution in [-0.2, 0) is 33.4 Å². The first-order chi connectivity index (χ1) is 21.8. The minimum Gasteiger partial charge on any atom is -0.465 e. The van der Waals surface area contributed by atoms with Crippen LogP contribution in [0.15, 0.2) is 97.1 Å². The number of hydrogen-bond donors (Lipinski definition) is 0. The van der Waals surface area contributed by atoms with Gasteiger partial charge in [0.1, 0.15) is 13.2 Å². The number of carbonyl (C=O) groups excluding carboxylic acids is 4. The lowest BCUT2D eigenvalue weighted by Crippen LogP contribution is -2.27. The summed E-state index contributed by atoms with van der Waals surface area (Å²) >= 11 is 0. The largest absolute Gasteiger partial charge is 0.465 e. The molecule has 0 bridgehead atoms. The van der Waals surface area contributed by atoms with Gasteiger partial charge in [0.2, 0.25) is 0 Å². The van der Waals surface area contributed by atoms with Crippen LogP contribution in [0.3, 0.4) is 0 Å². The fourth-order valence-corrected chi connectivity index (χ4v) is 6.32. The number of rotatable bonds is 10. The highest BCUT2D eigenvalue weighted by atomic mass is 16.6. The Morgan fingerprint density at radius 1 is 0.511 bits per heavy atom. The monoisotopic (exact) mass is 602 g/mol. The molecule has 0 amide bonds. The van der Waals surface area contributed by atoms with E-state index in [-0.39, 0.29) is 37.9 Å². The average Bonchev–Trinajstić information content (AvgIpc) is 3.55. The van der Waals surface area contributed by atoms with Gasteiger partial charge in [-0.1, -0.05) is 111 Å². The third-order valence-electron chi connectivity index (χ3n) is 8.70. The molecule has 0 fully saturated rings. The lowest BCUT2D eigenvalue weighted by Gasteiger charge is -2.16. The Balaban J connectivity index is 0.960. The van der Waals surface area contributed by atoms with Gasteiger partial charge >= 0.3 is 23.9 Å². The van der Waals surface area contributed by atoms with E-state index in [9.17, 15) is 19.2 Å². The van der Waals surface area contributed by atoms with E-state index in [1.54, 1.807) is 0 Å². The molecule has 2 atom stereocenters. The smallest absolute Gasteiger partial charge is 0.316 e. The van der Waals surface area contributed by atoms with Crippen molar-refractivity contribution in [2.75, 3.05) is 13.2 Å². The van der Waals surface area contributed by atoms with E-state index >= 15 is 0 Å². The van der Waals surface area contributed by atoms with Crippen molar-refractivity contribution < 1.29 is 33.4 Å². The molecule has 45 heavy (non-hydrogen) atoms. The standard InChI is InChI=1S/C38H34O7/c1-23(19-35(39)43-21-33-29-15-7-3-11-25(29)26-12-4-8-16-30(26)33)37(41)45-38(42)24(2)20-36(40)44-22-34-31-17-9-5-13-27(31)28-14-6-10-18-32(28)34/h3-18,23-24,33-34H,19-22H2,1-2H3. The third-order valence-corrected chi connectivity index (χ3v) is 8.70. The lowest BCUT2D eigenvalue weighted by atomic mass is 9.98. The highest BCUT2D eigenvalue weighted by molar-refractivity contribution is 5.91. The van der Waals surface area contributed by atoms with Crippen molar-refractivity contribution in [3.05, 3.63) is 119 Å². The number of hydrogen-bond acceptors (Lipinski definition) is 7. The molecule has 7 nitrogen and oxygen atoms in total. The molecule has 228 valence electrons. The van der Waals surface area contributed by atoms with Crippen molar-refractivity contribution >= 4 is 23.9 Å². The molecule has 0 spiro atoms. The van der Waals surface area contributed by atoms with Crippen LogP contribution in [0.25, 0.3) is 22.3 Å². The van der Waals surface area contributed by atoms with Crippen LogP contribution in [0.1, 0.15) is 60.8 Å². The summed E-state index contributed by atoms with van der Waals surface area (Å²) in [5.74, 6) is -4.77. The van der Waals surface area contributed by atoms with E-state index < -0.39 is 35.7 Å². The molecule has 0 aliphatic heterocycles. The van der Waals surface area contributed by atoms with Gasteiger partial charge in [-0.2, -0.15) is 0 Å². The molecule has 0 saturated heterocycles. The van der Waals surface area contributed by atoms with Crippen LogP contribution in [0.5, 0.6) is 0 Å². The van der Waals surface area contributed by atoms with Gasteiger partial charge in [0.05, 0.1) is 24.7 Å². The summed E-state index contributed by atoms with van der Waals surface area (Å²) in [6.45, 7) is 3.30. The van der Waals surface area contributed by atoms with Crippen molar-refractivity contribution in [2.45, 2.75) is 38.5 Å². The van der Waals surface area contributed by atoms with E-state index in [0.717, 1.165) is 44.5 Å². The van der Waals surface area contributed by atoms with Crippen molar-refractivity contribution in [3.63, 3.8) is 0 Å². The Kier molecular flexibility index (Phi) is 8.60. The van der Waals surface area contributed by atoms with Crippen LogP contribution >= 0.6 is 0 Å². The van der Waals surface area contributed by atoms with Crippen molar-refractivity contribution in [1.29, 1.82) is 0 Å². The maximum absolute atomic E-state index is 12.7. The van der Waals surface area contributed by atoms with E-state index in [1.807, 2.05) is 72.8 Å². The summed E-state index contributed by atoms with van der Waals surface area (Å²) < 4.78 is 16.2. The molecule has 4 aromatic rings. The zero-order valence-electron chi connectivity index (χ0n) is 25.2. The van der Waals surface area contributed by atoms with Crippen molar-refractivity contribution in [3.8, 4) is 22.3 Å². The number of fused-ring (bicyclic) bond motifs is 6. The SMILES string of the molecule is CC(CC(=O)OCC1c2ccccc2-c2ccccc21)C(=O)OC(=O)C(C)CC(=O)OCC1c2ccccc2-c2ccccc21. The van der Waals surface area contributed by atoms with E-state index in [4.69, 9.17) is 14.2 Å². The second kappa shape index (κ2) is 12.9. The molecule has 4 aromatic carbocycles. The van der Waals surface area contributed by atoms with Crippen molar-refractivity contribution in [2.24, 2.45) is 11.8 Å². The fraction of sp³-hybridized carbons (Fsp3) is 0.263. The van der Waals surface area contributed by atoms with Crippen molar-refractivity contribution in [1.82, 2.24) is 0 Å². The molecule has 0 heterocycles. The molecule has 7 heteroatoms. The molecule has 2 unspecified atom stereocenters. The Bertz CT molecular complexity index is 1550. The molecule has 0 N–H and O–H groups in total. The van der Waals surface area contributed by atoms with Crippen LogP contribution in [0, 0.1) is 11.8 Å². The lowest BCUT2D eigenvalue weighted by molar-refractivity contribution is -0.168. The van der Waals surface area contributed by atoms with Crippen LogP contribution in [-0.4, -0.2) is 37.1 Å². The number of esters is 4. The first-order valence-corrected chi connectivity index (χ1v) is 15.2. The first-order valence-electron chi connectivity index (χ1n) is 15.2. The Labute approximate surface area is 262 Å². The Hall–Kier alpha value is -5.04. The van der Waals surface area contributed by atoms with E-state index in [0.29, 0.717) is 0 Å². The highest BCUT2D eigenvalue weighted by Crippen LogP contribution is 2.45. The fourth-order valence-electron chi connectivity index (χ4n) is 6.32. The topological polar surface area (TPSA) is 96.0 Å². The molecule has 2 aliphatic rings. The molecule has 0 radical (unpaired) electrons. The average molecular weight is 603 g/mol. The molecule has 6 rings (SSSR count). The number of benzene rings is 4. The van der Waals surface area contributed by atoms with Gasteiger partial charge in [0.25, 0.3) is 0 Å². The quantitative estimate of drug-likeness (QED) is 0.112. The third kappa shape index (κ3) is 6.16. The molecular formula is C38H34O7. The predicted octanol–water partition coefficient (Wildman–Crippen LogP) is 6.82. The second-order valence-electron chi connectivity index (χ2n) is 11.8. The molecule has 2 aliphatic carbocycles. The summed E-state index contributed by atoms with van der Waals surface area (Å²) in [4.78, 5) is 50.6.